The molecule has 3 fully saturated rings. The molecule has 3 aliphatic rings. The molecule has 190 valence electrons. The normalized spacial score (nSPS) is 32.8. The van der Waals surface area contributed by atoms with E-state index < -0.39 is 48.6 Å². The number of amides is 1. The van der Waals surface area contributed by atoms with E-state index in [1.165, 1.54) is 17.2 Å². The second-order valence-electron chi connectivity index (χ2n) is 9.35. The van der Waals surface area contributed by atoms with Gasteiger partial charge in [0.1, 0.15) is 36.8 Å². The Morgan fingerprint density at radius 2 is 2.03 bits per heavy atom. The number of carboxylic acids is 1. The molecule has 0 bridgehead atoms. The molecular weight excluding hydrogens is 462 g/mol. The summed E-state index contributed by atoms with van der Waals surface area (Å²) in [6.45, 7) is 1.09. The van der Waals surface area contributed by atoms with Crippen LogP contribution in [0.4, 0.5) is 4.79 Å². The molecule has 2 aliphatic heterocycles. The van der Waals surface area contributed by atoms with Gasteiger partial charge in [-0.05, 0) is 31.6 Å². The number of rotatable bonds is 7. The summed E-state index contributed by atoms with van der Waals surface area (Å²) in [6.07, 6.45) is 0.924. The summed E-state index contributed by atoms with van der Waals surface area (Å²) in [4.78, 5) is 36.6. The second-order valence-corrected chi connectivity index (χ2v) is 9.35. The molecular formula is C22H29N5O8. The topological polar surface area (TPSA) is 178 Å². The molecule has 3 unspecified atom stereocenters. The third-order valence-corrected chi connectivity index (χ3v) is 7.07. The highest BCUT2D eigenvalue weighted by molar-refractivity contribution is 5.74. The van der Waals surface area contributed by atoms with Gasteiger partial charge in [0.05, 0.1) is 17.9 Å². The summed E-state index contributed by atoms with van der Waals surface area (Å²) in [7, 11) is 0. The molecule has 2 aromatic rings. The quantitative estimate of drug-likeness (QED) is 0.410. The van der Waals surface area contributed by atoms with Crippen molar-refractivity contribution in [3.05, 3.63) is 18.3 Å². The van der Waals surface area contributed by atoms with E-state index in [0.29, 0.717) is 49.4 Å². The van der Waals surface area contributed by atoms with Crippen molar-refractivity contribution in [3.8, 4) is 0 Å². The zero-order chi connectivity index (χ0) is 24.5. The zero-order valence-corrected chi connectivity index (χ0v) is 19.0. The van der Waals surface area contributed by atoms with Crippen LogP contribution in [0.25, 0.3) is 11.2 Å². The van der Waals surface area contributed by atoms with E-state index in [-0.39, 0.29) is 6.61 Å². The largest absolute Gasteiger partial charge is 0.481 e. The van der Waals surface area contributed by atoms with E-state index in [1.807, 2.05) is 0 Å². The van der Waals surface area contributed by atoms with Crippen LogP contribution in [0.1, 0.15) is 37.6 Å². The van der Waals surface area contributed by atoms with Gasteiger partial charge in [-0.2, -0.15) is 0 Å². The molecule has 2 aromatic heterocycles. The van der Waals surface area contributed by atoms with Crippen LogP contribution in [0, 0.1) is 11.8 Å². The van der Waals surface area contributed by atoms with Gasteiger partial charge in [-0.3, -0.25) is 9.36 Å². The first kappa shape index (κ1) is 23.9. The fourth-order valence-corrected chi connectivity index (χ4v) is 5.13. The molecule has 0 aromatic carbocycles. The minimum atomic E-state index is -1.32. The van der Waals surface area contributed by atoms with Gasteiger partial charge in [0.15, 0.2) is 11.9 Å². The fourth-order valence-electron chi connectivity index (χ4n) is 5.13. The van der Waals surface area contributed by atoms with Crippen molar-refractivity contribution in [2.45, 2.75) is 62.7 Å². The third kappa shape index (κ3) is 4.81. The number of nitrogens with zero attached hydrogens (tertiary/aromatic N) is 4. The van der Waals surface area contributed by atoms with Crippen LogP contribution < -0.4 is 5.32 Å². The SMILES string of the molecule is O=C(NC1CCCC1C(=O)O)OC[C@H]1OC(n2cnc3c(C[C@@H]4CCOC4)ncnc32)[C@H](O)[C@@H]1O. The Hall–Kier alpha value is -2.87. The summed E-state index contributed by atoms with van der Waals surface area (Å²) in [5, 5.41) is 33.0. The van der Waals surface area contributed by atoms with Crippen LogP contribution in [-0.4, -0.2) is 91.1 Å². The molecule has 0 radical (unpaired) electrons. The first-order valence-corrected chi connectivity index (χ1v) is 11.8. The fraction of sp³-hybridized carbons (Fsp3) is 0.682. The van der Waals surface area contributed by atoms with Gasteiger partial charge in [-0.1, -0.05) is 6.42 Å². The lowest BCUT2D eigenvalue weighted by Crippen LogP contribution is -2.42. The summed E-state index contributed by atoms with van der Waals surface area (Å²) >= 11 is 0. The smallest absolute Gasteiger partial charge is 0.407 e. The monoisotopic (exact) mass is 491 g/mol. The van der Waals surface area contributed by atoms with E-state index in [1.54, 1.807) is 0 Å². The second kappa shape index (κ2) is 10.0. The van der Waals surface area contributed by atoms with Gasteiger partial charge < -0.3 is 34.8 Å². The maximum Gasteiger partial charge on any atom is 0.407 e. The highest BCUT2D eigenvalue weighted by atomic mass is 16.6. The van der Waals surface area contributed by atoms with Gasteiger partial charge >= 0.3 is 12.1 Å². The van der Waals surface area contributed by atoms with Crippen LogP contribution in [0.3, 0.4) is 0 Å². The van der Waals surface area contributed by atoms with Crippen molar-refractivity contribution in [1.29, 1.82) is 0 Å². The molecule has 5 rings (SSSR count). The Morgan fingerprint density at radius 3 is 2.80 bits per heavy atom. The summed E-state index contributed by atoms with van der Waals surface area (Å²) in [5.74, 6) is -1.25. The molecule has 1 aliphatic carbocycles. The number of carboxylic acid groups (broad SMARTS) is 1. The van der Waals surface area contributed by atoms with Crippen LogP contribution in [0.15, 0.2) is 12.7 Å². The number of ether oxygens (including phenoxy) is 3. The first-order chi connectivity index (χ1) is 16.9. The minimum Gasteiger partial charge on any atom is -0.481 e. The lowest BCUT2D eigenvalue weighted by Gasteiger charge is -2.19. The molecule has 13 nitrogen and oxygen atoms in total. The number of imidazole rings is 1. The van der Waals surface area contributed by atoms with E-state index in [4.69, 9.17) is 14.2 Å². The number of carbonyl (C=O) groups is 2. The predicted octanol–water partition coefficient (Wildman–Crippen LogP) is 0.00400. The molecule has 2 saturated heterocycles. The average Bonchev–Trinajstić information content (AvgIpc) is 3.62. The van der Waals surface area contributed by atoms with Crippen LogP contribution in [-0.2, 0) is 25.4 Å². The molecule has 4 N–H and O–H groups in total. The average molecular weight is 492 g/mol. The van der Waals surface area contributed by atoms with Gasteiger partial charge in [-0.25, -0.2) is 19.7 Å². The predicted molar refractivity (Wildman–Crippen MR) is 117 cm³/mol. The number of carbonyl (C=O) groups excluding carboxylic acids is 1. The van der Waals surface area contributed by atoms with Crippen molar-refractivity contribution in [1.82, 2.24) is 24.8 Å². The summed E-state index contributed by atoms with van der Waals surface area (Å²) < 4.78 is 18.0. The van der Waals surface area contributed by atoms with Gasteiger partial charge in [0, 0.05) is 19.3 Å². The molecule has 35 heavy (non-hydrogen) atoms. The minimum absolute atomic E-state index is 0.320. The van der Waals surface area contributed by atoms with Crippen molar-refractivity contribution in [2.75, 3.05) is 19.8 Å². The standard InChI is InChI=1S/C22H29N5O8/c28-17-15(8-34-22(32)26-13-3-1-2-12(13)21(30)31)35-20(18(17)29)27-10-25-16-14(23-9-24-19(16)27)6-11-4-5-33-7-11/h9-13,15,17-18,20,28-29H,1-8H2,(H,26,32)(H,30,31)/t11-,12?,13?,15+,17+,18+,20?/m0/s1. The molecule has 1 amide bonds. The van der Waals surface area contributed by atoms with E-state index in [2.05, 4.69) is 20.3 Å². The van der Waals surface area contributed by atoms with Crippen LogP contribution in [0.5, 0.6) is 0 Å². The van der Waals surface area contributed by atoms with E-state index in [9.17, 15) is 24.9 Å². The van der Waals surface area contributed by atoms with Crippen LogP contribution >= 0.6 is 0 Å². The summed E-state index contributed by atoms with van der Waals surface area (Å²) in [6, 6.07) is -0.505. The third-order valence-electron chi connectivity index (χ3n) is 7.07. The number of nitrogens with one attached hydrogen (secondary N) is 1. The maximum absolute atomic E-state index is 12.2. The van der Waals surface area contributed by atoms with Crippen molar-refractivity contribution >= 4 is 23.2 Å². The maximum atomic E-state index is 12.2. The molecule has 7 atom stereocenters. The summed E-state index contributed by atoms with van der Waals surface area (Å²) in [5.41, 5.74) is 1.83. The Bertz CT molecular complexity index is 1070. The Balaban J connectivity index is 1.23. The van der Waals surface area contributed by atoms with Crippen molar-refractivity contribution in [3.63, 3.8) is 0 Å². The number of hydrogen-bond donors (Lipinski definition) is 4. The molecule has 4 heterocycles. The van der Waals surface area contributed by atoms with Crippen molar-refractivity contribution < 1.29 is 39.1 Å². The Labute approximate surface area is 200 Å². The van der Waals surface area contributed by atoms with Gasteiger partial charge in [0.2, 0.25) is 0 Å². The first-order valence-electron chi connectivity index (χ1n) is 11.8. The lowest BCUT2D eigenvalue weighted by atomic mass is 10.0. The number of aromatic nitrogens is 4. The van der Waals surface area contributed by atoms with E-state index in [0.717, 1.165) is 18.7 Å². The number of hydrogen-bond acceptors (Lipinski definition) is 10. The molecule has 1 saturated carbocycles. The van der Waals surface area contributed by atoms with Crippen molar-refractivity contribution in [2.24, 2.45) is 11.8 Å². The van der Waals surface area contributed by atoms with Gasteiger partial charge in [-0.15, -0.1) is 0 Å². The zero-order valence-electron chi connectivity index (χ0n) is 19.0. The van der Waals surface area contributed by atoms with Crippen LogP contribution in [0.2, 0.25) is 0 Å². The number of alkyl carbamates (subject to hydrolysis) is 1. The van der Waals surface area contributed by atoms with Gasteiger partial charge in [0.25, 0.3) is 0 Å². The van der Waals surface area contributed by atoms with E-state index >= 15 is 0 Å². The molecule has 0 spiro atoms. The highest BCUT2D eigenvalue weighted by Crippen LogP contribution is 2.32. The Morgan fingerprint density at radius 1 is 1.17 bits per heavy atom. The lowest BCUT2D eigenvalue weighted by molar-refractivity contribution is -0.142. The number of aliphatic carboxylic acids is 1. The number of fused-ring (bicyclic) bond motifs is 1. The highest BCUT2D eigenvalue weighted by Gasteiger charge is 2.45. The number of aliphatic hydroxyl groups is 2. The number of aliphatic hydroxyl groups excluding tert-OH is 2. The Kier molecular flexibility index (Phi) is 6.82. The molecule has 13 heteroatoms.